The van der Waals surface area contributed by atoms with E-state index in [1.54, 1.807) is 30.3 Å². The van der Waals surface area contributed by atoms with Crippen LogP contribution < -0.4 is 0 Å². The maximum Gasteiger partial charge on any atom is 0.202 e. The molecule has 0 bridgehead atoms. The zero-order valence-corrected chi connectivity index (χ0v) is 11.2. The number of ether oxygens (including phenoxy) is 1. The fourth-order valence-corrected chi connectivity index (χ4v) is 2.64. The molecule has 1 unspecified atom stereocenters. The monoisotopic (exact) mass is 304 g/mol. The molecule has 0 spiro atoms. The van der Waals surface area contributed by atoms with Crippen LogP contribution in [0.1, 0.15) is 0 Å². The molecule has 0 aliphatic carbocycles. The standard InChI is InChI=1S/C12H16O7S/c13-6-8-9(14)10(15)11(16)12(18-8)19-20(17)7-4-2-1-3-5-7/h1-5,8-16H,6H2/t8-,9+,10+,11-,12-,20?/m0/s1. The molecule has 112 valence electrons. The van der Waals surface area contributed by atoms with Crippen molar-refractivity contribution in [3.05, 3.63) is 30.3 Å². The highest BCUT2D eigenvalue weighted by Crippen LogP contribution is 2.23. The van der Waals surface area contributed by atoms with Gasteiger partial charge in [-0.1, -0.05) is 18.2 Å². The zero-order chi connectivity index (χ0) is 14.7. The van der Waals surface area contributed by atoms with Crippen molar-refractivity contribution in [1.82, 2.24) is 0 Å². The summed E-state index contributed by atoms with van der Waals surface area (Å²) < 4.78 is 22.1. The van der Waals surface area contributed by atoms with Gasteiger partial charge in [-0.3, -0.25) is 4.18 Å². The van der Waals surface area contributed by atoms with E-state index in [1.165, 1.54) is 0 Å². The summed E-state index contributed by atoms with van der Waals surface area (Å²) in [6.07, 6.45) is -7.10. The molecule has 0 amide bonds. The molecular formula is C12H16O7S. The number of hydrogen-bond donors (Lipinski definition) is 4. The van der Waals surface area contributed by atoms with Crippen LogP contribution >= 0.6 is 0 Å². The molecule has 1 saturated heterocycles. The Morgan fingerprint density at radius 3 is 2.35 bits per heavy atom. The van der Waals surface area contributed by atoms with Crippen LogP contribution in [0.4, 0.5) is 0 Å². The summed E-state index contributed by atoms with van der Waals surface area (Å²) in [4.78, 5) is 0.365. The maximum atomic E-state index is 11.9. The van der Waals surface area contributed by atoms with Crippen molar-refractivity contribution in [2.45, 2.75) is 35.6 Å². The Kier molecular flexibility index (Phi) is 5.22. The lowest BCUT2D eigenvalue weighted by molar-refractivity contribution is -0.275. The average molecular weight is 304 g/mol. The van der Waals surface area contributed by atoms with E-state index in [9.17, 15) is 19.5 Å². The number of rotatable bonds is 4. The first-order chi connectivity index (χ1) is 9.54. The topological polar surface area (TPSA) is 116 Å². The van der Waals surface area contributed by atoms with E-state index >= 15 is 0 Å². The molecule has 1 aromatic rings. The summed E-state index contributed by atoms with van der Waals surface area (Å²) in [6, 6.07) is 8.22. The van der Waals surface area contributed by atoms with E-state index < -0.39 is 48.4 Å². The summed E-state index contributed by atoms with van der Waals surface area (Å²) in [5.41, 5.74) is 0. The molecule has 0 radical (unpaired) electrons. The van der Waals surface area contributed by atoms with E-state index in [4.69, 9.17) is 14.0 Å². The summed E-state index contributed by atoms with van der Waals surface area (Å²) in [5, 5.41) is 37.9. The normalized spacial score (nSPS) is 35.7. The van der Waals surface area contributed by atoms with Crippen molar-refractivity contribution in [2.24, 2.45) is 0 Å². The second-order valence-electron chi connectivity index (χ2n) is 4.34. The molecule has 6 atom stereocenters. The molecule has 20 heavy (non-hydrogen) atoms. The third-order valence-electron chi connectivity index (χ3n) is 2.97. The zero-order valence-electron chi connectivity index (χ0n) is 10.4. The van der Waals surface area contributed by atoms with Crippen LogP contribution in [-0.4, -0.2) is 61.9 Å². The minimum Gasteiger partial charge on any atom is -0.394 e. The summed E-state index contributed by atoms with van der Waals surface area (Å²) in [5.74, 6) is 0. The smallest absolute Gasteiger partial charge is 0.202 e. The Morgan fingerprint density at radius 2 is 1.75 bits per heavy atom. The van der Waals surface area contributed by atoms with Gasteiger partial charge in [0.1, 0.15) is 24.4 Å². The summed E-state index contributed by atoms with van der Waals surface area (Å²) in [7, 11) is 0. The van der Waals surface area contributed by atoms with Gasteiger partial charge in [-0.25, -0.2) is 4.21 Å². The Balaban J connectivity index is 2.06. The third-order valence-corrected chi connectivity index (χ3v) is 3.99. The molecule has 4 N–H and O–H groups in total. The fourth-order valence-electron chi connectivity index (χ4n) is 1.82. The van der Waals surface area contributed by atoms with Crippen LogP contribution in [0.5, 0.6) is 0 Å². The molecule has 1 heterocycles. The largest absolute Gasteiger partial charge is 0.394 e. The van der Waals surface area contributed by atoms with Crippen LogP contribution in [0, 0.1) is 0 Å². The lowest BCUT2D eigenvalue weighted by Crippen LogP contribution is -2.59. The first-order valence-electron chi connectivity index (χ1n) is 5.99. The minimum atomic E-state index is -1.90. The van der Waals surface area contributed by atoms with E-state index in [-0.39, 0.29) is 0 Å². The second kappa shape index (κ2) is 6.72. The molecule has 1 aliphatic rings. The Labute approximate surface area is 118 Å². The van der Waals surface area contributed by atoms with Gasteiger partial charge >= 0.3 is 0 Å². The minimum absolute atomic E-state index is 0.365. The van der Waals surface area contributed by atoms with Crippen LogP contribution in [0.3, 0.4) is 0 Å². The lowest BCUT2D eigenvalue weighted by Gasteiger charge is -2.38. The van der Waals surface area contributed by atoms with Crippen LogP contribution in [0.2, 0.25) is 0 Å². The highest BCUT2D eigenvalue weighted by molar-refractivity contribution is 7.80. The number of hydrogen-bond acceptors (Lipinski definition) is 7. The lowest BCUT2D eigenvalue weighted by atomic mass is 10.00. The molecular weight excluding hydrogens is 288 g/mol. The first-order valence-corrected chi connectivity index (χ1v) is 7.06. The third kappa shape index (κ3) is 3.23. The van der Waals surface area contributed by atoms with Gasteiger partial charge in [0, 0.05) is 0 Å². The molecule has 8 heteroatoms. The van der Waals surface area contributed by atoms with Crippen molar-refractivity contribution in [1.29, 1.82) is 0 Å². The van der Waals surface area contributed by atoms with Gasteiger partial charge in [-0.2, -0.15) is 0 Å². The summed E-state index contributed by atoms with van der Waals surface area (Å²) in [6.45, 7) is -0.567. The molecule has 1 aromatic carbocycles. The first kappa shape index (κ1) is 15.5. The van der Waals surface area contributed by atoms with Crippen LogP contribution in [0.15, 0.2) is 35.2 Å². The highest BCUT2D eigenvalue weighted by Gasteiger charge is 2.44. The van der Waals surface area contributed by atoms with E-state index in [0.29, 0.717) is 4.90 Å². The van der Waals surface area contributed by atoms with Gasteiger partial charge < -0.3 is 25.2 Å². The highest BCUT2D eigenvalue weighted by atomic mass is 32.2. The Hall–Kier alpha value is -0.870. The fraction of sp³-hybridized carbons (Fsp3) is 0.500. The number of benzene rings is 1. The molecule has 1 aliphatic heterocycles. The predicted molar refractivity (Wildman–Crippen MR) is 67.7 cm³/mol. The van der Waals surface area contributed by atoms with Crippen molar-refractivity contribution >= 4 is 11.1 Å². The van der Waals surface area contributed by atoms with Crippen molar-refractivity contribution < 1.29 is 33.6 Å². The van der Waals surface area contributed by atoms with Crippen molar-refractivity contribution in [3.8, 4) is 0 Å². The van der Waals surface area contributed by atoms with Gasteiger partial charge in [0.15, 0.2) is 11.1 Å². The van der Waals surface area contributed by atoms with Gasteiger partial charge in [0.05, 0.1) is 11.5 Å². The predicted octanol–water partition coefficient (Wildman–Crippen LogP) is -1.47. The van der Waals surface area contributed by atoms with Gasteiger partial charge in [-0.15, -0.1) is 0 Å². The number of aliphatic hydroxyl groups is 4. The van der Waals surface area contributed by atoms with Crippen LogP contribution in [0.25, 0.3) is 0 Å². The molecule has 7 nitrogen and oxygen atoms in total. The maximum absolute atomic E-state index is 11.9. The number of aliphatic hydroxyl groups excluding tert-OH is 4. The quantitative estimate of drug-likeness (QED) is 0.536. The van der Waals surface area contributed by atoms with Gasteiger partial charge in [-0.05, 0) is 12.1 Å². The van der Waals surface area contributed by atoms with Gasteiger partial charge in [0.2, 0.25) is 6.29 Å². The second-order valence-corrected chi connectivity index (χ2v) is 5.47. The Morgan fingerprint density at radius 1 is 1.10 bits per heavy atom. The van der Waals surface area contributed by atoms with Crippen molar-refractivity contribution in [2.75, 3.05) is 6.61 Å². The van der Waals surface area contributed by atoms with Crippen molar-refractivity contribution in [3.63, 3.8) is 0 Å². The van der Waals surface area contributed by atoms with E-state index in [1.807, 2.05) is 0 Å². The average Bonchev–Trinajstić information content (AvgIpc) is 2.48. The summed E-state index contributed by atoms with van der Waals surface area (Å²) >= 11 is -1.90. The molecule has 1 fully saturated rings. The molecule has 2 rings (SSSR count). The molecule has 0 saturated carbocycles. The SMILES string of the molecule is O=S(O[C@@H]1O[C@@H](CO)[C@@H](O)[C@@H](O)[C@@H]1O)c1ccccc1. The van der Waals surface area contributed by atoms with E-state index in [0.717, 1.165) is 0 Å². The molecule has 0 aromatic heterocycles. The Bertz CT molecular complexity index is 452. The van der Waals surface area contributed by atoms with Crippen LogP contribution in [-0.2, 0) is 20.0 Å². The van der Waals surface area contributed by atoms with E-state index in [2.05, 4.69) is 0 Å². The van der Waals surface area contributed by atoms with Gasteiger partial charge in [0.25, 0.3) is 0 Å².